The molecule has 1 saturated carbocycles. The number of aliphatic carboxylic acids is 1. The highest BCUT2D eigenvalue weighted by Crippen LogP contribution is 2.15. The molecule has 2 nitrogen and oxygen atoms in total. The van der Waals surface area contributed by atoms with Gasteiger partial charge in [0, 0.05) is 6.42 Å². The lowest BCUT2D eigenvalue weighted by Crippen LogP contribution is -1.99. The van der Waals surface area contributed by atoms with E-state index in [1.165, 1.54) is 38.5 Å². The molecule has 13 heavy (non-hydrogen) atoms. The van der Waals surface area contributed by atoms with Crippen molar-refractivity contribution >= 4 is 5.97 Å². The van der Waals surface area contributed by atoms with Gasteiger partial charge in [0.25, 0.3) is 0 Å². The molecule has 0 aliphatic heterocycles. The predicted molar refractivity (Wildman–Crippen MR) is 54.8 cm³/mol. The van der Waals surface area contributed by atoms with Crippen LogP contribution in [0.4, 0.5) is 0 Å². The van der Waals surface area contributed by atoms with Crippen LogP contribution in [0.2, 0.25) is 0 Å². The van der Waals surface area contributed by atoms with Crippen molar-refractivity contribution in [1.29, 1.82) is 0 Å². The average Bonchev–Trinajstić information content (AvgIpc) is 2.06. The molecule has 1 aliphatic rings. The Kier molecular flexibility index (Phi) is 7.76. The maximum atomic E-state index is 9.81. The maximum absolute atomic E-state index is 9.81. The van der Waals surface area contributed by atoms with Gasteiger partial charge in [-0.2, -0.15) is 0 Å². The first-order chi connectivity index (χ1) is 6.13. The smallest absolute Gasteiger partial charge is 0.303 e. The maximum Gasteiger partial charge on any atom is 0.303 e. The van der Waals surface area contributed by atoms with Crippen LogP contribution in [0.5, 0.6) is 0 Å². The van der Waals surface area contributed by atoms with Gasteiger partial charge in [-0.05, 0) is 5.92 Å². The fourth-order valence-corrected chi connectivity index (χ4v) is 1.41. The van der Waals surface area contributed by atoms with E-state index in [1.54, 1.807) is 0 Å². The second-order valence-electron chi connectivity index (χ2n) is 4.11. The van der Waals surface area contributed by atoms with E-state index < -0.39 is 5.97 Å². The summed E-state index contributed by atoms with van der Waals surface area (Å²) in [6.45, 7) is 3.77. The Bertz CT molecular complexity index is 115. The van der Waals surface area contributed by atoms with Crippen molar-refractivity contribution < 1.29 is 9.90 Å². The summed E-state index contributed by atoms with van der Waals surface area (Å²) in [6.07, 6.45) is 9.28. The zero-order valence-corrected chi connectivity index (χ0v) is 8.88. The Morgan fingerprint density at radius 1 is 1.08 bits per heavy atom. The minimum atomic E-state index is -0.713. The SMILES string of the molecule is C1CCCCC1.CC(C)CC(=O)O. The lowest BCUT2D eigenvalue weighted by atomic mass is 10.0. The van der Waals surface area contributed by atoms with Gasteiger partial charge in [0.05, 0.1) is 0 Å². The lowest BCUT2D eigenvalue weighted by molar-refractivity contribution is -0.137. The first kappa shape index (κ1) is 12.5. The molecule has 78 valence electrons. The van der Waals surface area contributed by atoms with E-state index >= 15 is 0 Å². The highest BCUT2D eigenvalue weighted by molar-refractivity contribution is 5.66. The predicted octanol–water partition coefficient (Wildman–Crippen LogP) is 3.46. The summed E-state index contributed by atoms with van der Waals surface area (Å²) < 4.78 is 0. The zero-order valence-electron chi connectivity index (χ0n) is 8.88. The molecule has 0 bridgehead atoms. The number of carboxylic acid groups (broad SMARTS) is 1. The highest BCUT2D eigenvalue weighted by Gasteiger charge is 1.98. The minimum Gasteiger partial charge on any atom is -0.481 e. The van der Waals surface area contributed by atoms with Crippen LogP contribution < -0.4 is 0 Å². The summed E-state index contributed by atoms with van der Waals surface area (Å²) in [5.74, 6) is -0.438. The molecule has 0 amide bonds. The summed E-state index contributed by atoms with van der Waals surface area (Å²) in [7, 11) is 0. The quantitative estimate of drug-likeness (QED) is 0.717. The van der Waals surface area contributed by atoms with E-state index in [0.717, 1.165) is 0 Å². The van der Waals surface area contributed by atoms with Crippen molar-refractivity contribution in [3.05, 3.63) is 0 Å². The van der Waals surface area contributed by atoms with Crippen LogP contribution >= 0.6 is 0 Å². The van der Waals surface area contributed by atoms with Crippen LogP contribution in [-0.4, -0.2) is 11.1 Å². The standard InChI is InChI=1S/C6H12.C5H10O2/c1-2-4-6-5-3-1;1-4(2)3-5(6)7/h1-6H2;4H,3H2,1-2H3,(H,6,7). The van der Waals surface area contributed by atoms with Crippen molar-refractivity contribution in [2.24, 2.45) is 5.92 Å². The number of carbonyl (C=O) groups is 1. The van der Waals surface area contributed by atoms with Crippen molar-refractivity contribution in [3.63, 3.8) is 0 Å². The van der Waals surface area contributed by atoms with Gasteiger partial charge in [-0.1, -0.05) is 52.4 Å². The van der Waals surface area contributed by atoms with E-state index in [0.29, 0.717) is 0 Å². The molecule has 0 heterocycles. The molecule has 0 aromatic heterocycles. The molecule has 0 atom stereocenters. The van der Waals surface area contributed by atoms with Crippen LogP contribution in [0.25, 0.3) is 0 Å². The molecule has 0 radical (unpaired) electrons. The average molecular weight is 186 g/mol. The van der Waals surface area contributed by atoms with E-state index in [1.807, 2.05) is 13.8 Å². The third kappa shape index (κ3) is 11.5. The first-order valence-corrected chi connectivity index (χ1v) is 5.34. The van der Waals surface area contributed by atoms with Crippen LogP contribution in [-0.2, 0) is 4.79 Å². The molecule has 1 rings (SSSR count). The van der Waals surface area contributed by atoms with Crippen LogP contribution in [0.3, 0.4) is 0 Å². The van der Waals surface area contributed by atoms with Gasteiger partial charge < -0.3 is 5.11 Å². The van der Waals surface area contributed by atoms with E-state index in [2.05, 4.69) is 0 Å². The minimum absolute atomic E-state index is 0.275. The van der Waals surface area contributed by atoms with Gasteiger partial charge in [0.15, 0.2) is 0 Å². The number of carboxylic acids is 1. The van der Waals surface area contributed by atoms with Crippen molar-refractivity contribution in [3.8, 4) is 0 Å². The number of rotatable bonds is 2. The van der Waals surface area contributed by atoms with E-state index in [-0.39, 0.29) is 12.3 Å². The molecule has 1 aliphatic carbocycles. The van der Waals surface area contributed by atoms with Crippen molar-refractivity contribution in [1.82, 2.24) is 0 Å². The molecule has 0 unspecified atom stereocenters. The third-order valence-corrected chi connectivity index (χ3v) is 2.08. The van der Waals surface area contributed by atoms with Crippen molar-refractivity contribution in [2.45, 2.75) is 58.8 Å². The normalized spacial score (nSPS) is 16.2. The van der Waals surface area contributed by atoms with Crippen LogP contribution in [0.15, 0.2) is 0 Å². The Balaban J connectivity index is 0.000000223. The van der Waals surface area contributed by atoms with Gasteiger partial charge in [0.2, 0.25) is 0 Å². The molecule has 0 saturated heterocycles. The Hall–Kier alpha value is -0.530. The van der Waals surface area contributed by atoms with Crippen LogP contribution in [0, 0.1) is 5.92 Å². The summed E-state index contributed by atoms with van der Waals surface area (Å²) in [6, 6.07) is 0. The second kappa shape index (κ2) is 8.09. The highest BCUT2D eigenvalue weighted by atomic mass is 16.4. The molecule has 1 fully saturated rings. The topological polar surface area (TPSA) is 37.3 Å². The number of hydrogen-bond donors (Lipinski definition) is 1. The van der Waals surface area contributed by atoms with Crippen molar-refractivity contribution in [2.75, 3.05) is 0 Å². The molecule has 0 aromatic carbocycles. The largest absolute Gasteiger partial charge is 0.481 e. The summed E-state index contributed by atoms with van der Waals surface area (Å²) in [5, 5.41) is 8.08. The van der Waals surface area contributed by atoms with E-state index in [9.17, 15) is 4.79 Å². The monoisotopic (exact) mass is 186 g/mol. The van der Waals surface area contributed by atoms with Crippen LogP contribution in [0.1, 0.15) is 58.8 Å². The lowest BCUT2D eigenvalue weighted by Gasteiger charge is -2.05. The fraction of sp³-hybridized carbons (Fsp3) is 0.909. The zero-order chi connectivity index (χ0) is 10.1. The summed E-state index contributed by atoms with van der Waals surface area (Å²) in [5.41, 5.74) is 0. The van der Waals surface area contributed by atoms with Gasteiger partial charge in [-0.15, -0.1) is 0 Å². The fourth-order valence-electron chi connectivity index (χ4n) is 1.41. The molecular weight excluding hydrogens is 164 g/mol. The molecule has 0 spiro atoms. The molecule has 2 heteroatoms. The second-order valence-corrected chi connectivity index (χ2v) is 4.11. The Labute approximate surface area is 81.3 Å². The van der Waals surface area contributed by atoms with Gasteiger partial charge in [-0.3, -0.25) is 4.79 Å². The third-order valence-electron chi connectivity index (χ3n) is 2.08. The van der Waals surface area contributed by atoms with E-state index in [4.69, 9.17) is 5.11 Å². The summed E-state index contributed by atoms with van der Waals surface area (Å²) >= 11 is 0. The number of hydrogen-bond acceptors (Lipinski definition) is 1. The molecule has 0 aromatic rings. The molecular formula is C11H22O2. The van der Waals surface area contributed by atoms with Gasteiger partial charge in [0.1, 0.15) is 0 Å². The molecule has 1 N–H and O–H groups in total. The first-order valence-electron chi connectivity index (χ1n) is 5.34. The van der Waals surface area contributed by atoms with Gasteiger partial charge >= 0.3 is 5.97 Å². The Morgan fingerprint density at radius 3 is 1.46 bits per heavy atom. The Morgan fingerprint density at radius 2 is 1.38 bits per heavy atom. The van der Waals surface area contributed by atoms with Gasteiger partial charge in [-0.25, -0.2) is 0 Å². The summed E-state index contributed by atoms with van der Waals surface area (Å²) in [4.78, 5) is 9.81.